The predicted molar refractivity (Wildman–Crippen MR) is 128 cm³/mol. The lowest BCUT2D eigenvalue weighted by Crippen LogP contribution is -2.24. The van der Waals surface area contributed by atoms with E-state index >= 15 is 0 Å². The Morgan fingerprint density at radius 1 is 1.30 bits per heavy atom. The normalized spacial score (nSPS) is 13.4. The number of nitrogens with zero attached hydrogens (tertiary/aromatic N) is 3. The number of ether oxygens (including phenoxy) is 1. The fourth-order valence-corrected chi connectivity index (χ4v) is 4.56. The van der Waals surface area contributed by atoms with Gasteiger partial charge in [0, 0.05) is 24.9 Å². The summed E-state index contributed by atoms with van der Waals surface area (Å²) < 4.78 is 7.50. The van der Waals surface area contributed by atoms with Gasteiger partial charge in [-0.2, -0.15) is 5.26 Å². The van der Waals surface area contributed by atoms with E-state index in [-0.39, 0.29) is 11.5 Å². The molecular weight excluding hydrogens is 438 g/mol. The molecule has 2 aromatic heterocycles. The number of carbonyl (C=O) groups is 1. The number of aromatic amines is 1. The Balaban J connectivity index is 1.45. The van der Waals surface area contributed by atoms with Gasteiger partial charge < -0.3 is 15.0 Å². The quantitative estimate of drug-likeness (QED) is 0.253. The highest BCUT2D eigenvalue weighted by molar-refractivity contribution is 7.99. The number of fused-ring (bicyclic) bond motifs is 1. The second-order valence-electron chi connectivity index (χ2n) is 8.09. The molecule has 0 bridgehead atoms. The molecule has 1 aromatic carbocycles. The van der Waals surface area contributed by atoms with Crippen LogP contribution in [-0.4, -0.2) is 39.3 Å². The maximum atomic E-state index is 13.2. The van der Waals surface area contributed by atoms with Gasteiger partial charge in [-0.15, -0.1) is 0 Å². The third kappa shape index (κ3) is 5.76. The number of amides is 1. The van der Waals surface area contributed by atoms with Crippen LogP contribution in [0.25, 0.3) is 16.7 Å². The van der Waals surface area contributed by atoms with E-state index in [0.717, 1.165) is 18.0 Å². The molecule has 0 radical (unpaired) electrons. The molecule has 1 saturated carbocycles. The monoisotopic (exact) mass is 465 g/mol. The Hall–Kier alpha value is -3.25. The topological polar surface area (TPSA) is 113 Å². The Morgan fingerprint density at radius 2 is 2.12 bits per heavy atom. The van der Waals surface area contributed by atoms with Crippen molar-refractivity contribution in [1.82, 2.24) is 19.9 Å². The van der Waals surface area contributed by atoms with Crippen molar-refractivity contribution < 1.29 is 9.53 Å². The van der Waals surface area contributed by atoms with Crippen LogP contribution in [0.5, 0.6) is 5.75 Å². The second-order valence-corrected chi connectivity index (χ2v) is 9.15. The molecular formula is C24H27N5O3S. The van der Waals surface area contributed by atoms with Gasteiger partial charge in [-0.1, -0.05) is 18.2 Å². The Kier molecular flexibility index (Phi) is 7.68. The maximum absolute atomic E-state index is 13.2. The average molecular weight is 466 g/mol. The van der Waals surface area contributed by atoms with E-state index in [0.29, 0.717) is 53.7 Å². The SMILES string of the molecule is N#CCCNC(=O)CCCSc1nc2[nH]ccc2c(=O)n1-c1ccc(OCC2CCC2)cc1. The fraction of sp³-hybridized carbons (Fsp3) is 0.417. The zero-order chi connectivity index (χ0) is 23.0. The second kappa shape index (κ2) is 11.1. The van der Waals surface area contributed by atoms with E-state index in [4.69, 9.17) is 10.00 Å². The Bertz CT molecular complexity index is 1190. The van der Waals surface area contributed by atoms with Crippen LogP contribution in [0.4, 0.5) is 0 Å². The highest BCUT2D eigenvalue weighted by Crippen LogP contribution is 2.28. The summed E-state index contributed by atoms with van der Waals surface area (Å²) in [5.41, 5.74) is 1.14. The Morgan fingerprint density at radius 3 is 2.85 bits per heavy atom. The minimum Gasteiger partial charge on any atom is -0.493 e. The minimum atomic E-state index is -0.138. The number of aromatic nitrogens is 3. The van der Waals surface area contributed by atoms with Crippen LogP contribution in [-0.2, 0) is 4.79 Å². The number of nitrogens with one attached hydrogen (secondary N) is 2. The lowest BCUT2D eigenvalue weighted by Gasteiger charge is -2.25. The Labute approximate surface area is 196 Å². The molecule has 3 aromatic rings. The number of hydrogen-bond donors (Lipinski definition) is 2. The third-order valence-corrected chi connectivity index (χ3v) is 6.73. The lowest BCUT2D eigenvalue weighted by atomic mass is 9.86. The first kappa shape index (κ1) is 22.9. The molecule has 33 heavy (non-hydrogen) atoms. The summed E-state index contributed by atoms with van der Waals surface area (Å²) in [6.45, 7) is 1.11. The van der Waals surface area contributed by atoms with Crippen molar-refractivity contribution in [3.05, 3.63) is 46.9 Å². The van der Waals surface area contributed by atoms with Gasteiger partial charge in [0.05, 0.1) is 30.2 Å². The standard InChI is InChI=1S/C24H27N5O3S/c25-12-3-13-26-21(30)6-2-15-33-24-28-22-20(11-14-27-22)23(31)29(24)18-7-9-19(10-8-18)32-16-17-4-1-5-17/h7-11,14,17,27H,1-6,13,15-16H2,(H,26,30). The highest BCUT2D eigenvalue weighted by Gasteiger charge is 2.18. The summed E-state index contributed by atoms with van der Waals surface area (Å²) in [6, 6.07) is 11.3. The van der Waals surface area contributed by atoms with Crippen LogP contribution in [0.3, 0.4) is 0 Å². The molecule has 1 aliphatic carbocycles. The fourth-order valence-electron chi connectivity index (χ4n) is 3.61. The van der Waals surface area contributed by atoms with E-state index in [1.807, 2.05) is 30.3 Å². The van der Waals surface area contributed by atoms with E-state index < -0.39 is 0 Å². The van der Waals surface area contributed by atoms with Crippen molar-refractivity contribution in [2.75, 3.05) is 18.9 Å². The number of rotatable bonds is 11. The number of thioether (sulfide) groups is 1. The number of carbonyl (C=O) groups excluding carboxylic acids is 1. The first-order valence-electron chi connectivity index (χ1n) is 11.3. The van der Waals surface area contributed by atoms with Crippen molar-refractivity contribution in [3.63, 3.8) is 0 Å². The predicted octanol–water partition coefficient (Wildman–Crippen LogP) is 3.79. The van der Waals surface area contributed by atoms with Gasteiger partial charge in [0.15, 0.2) is 5.16 Å². The first-order valence-corrected chi connectivity index (χ1v) is 12.2. The van der Waals surface area contributed by atoms with E-state index in [2.05, 4.69) is 15.3 Å². The zero-order valence-corrected chi connectivity index (χ0v) is 19.2. The minimum absolute atomic E-state index is 0.0755. The molecule has 1 fully saturated rings. The molecule has 2 N–H and O–H groups in total. The number of nitriles is 1. The molecule has 4 rings (SSSR count). The molecule has 8 nitrogen and oxygen atoms in total. The summed E-state index contributed by atoms with van der Waals surface area (Å²) in [5.74, 6) is 2.01. The van der Waals surface area contributed by atoms with Crippen molar-refractivity contribution in [2.24, 2.45) is 5.92 Å². The molecule has 1 aliphatic rings. The van der Waals surface area contributed by atoms with Crippen molar-refractivity contribution in [3.8, 4) is 17.5 Å². The first-order chi connectivity index (χ1) is 16.2. The van der Waals surface area contributed by atoms with Crippen LogP contribution in [0.1, 0.15) is 38.5 Å². The van der Waals surface area contributed by atoms with E-state index in [1.54, 1.807) is 16.8 Å². The van der Waals surface area contributed by atoms with Crippen molar-refractivity contribution in [1.29, 1.82) is 5.26 Å². The third-order valence-electron chi connectivity index (χ3n) is 5.70. The molecule has 2 heterocycles. The number of hydrogen-bond acceptors (Lipinski definition) is 6. The number of H-pyrrole nitrogens is 1. The van der Waals surface area contributed by atoms with Crippen LogP contribution >= 0.6 is 11.8 Å². The van der Waals surface area contributed by atoms with Gasteiger partial charge in [0.25, 0.3) is 5.56 Å². The molecule has 1 amide bonds. The molecule has 0 unspecified atom stereocenters. The molecule has 9 heteroatoms. The van der Waals surface area contributed by atoms with E-state index in [9.17, 15) is 9.59 Å². The molecule has 0 atom stereocenters. The maximum Gasteiger partial charge on any atom is 0.268 e. The van der Waals surface area contributed by atoms with Gasteiger partial charge in [0.1, 0.15) is 11.4 Å². The summed E-state index contributed by atoms with van der Waals surface area (Å²) in [5, 5.41) is 12.4. The molecule has 0 spiro atoms. The zero-order valence-electron chi connectivity index (χ0n) is 18.4. The van der Waals surface area contributed by atoms with Gasteiger partial charge in [-0.3, -0.25) is 14.2 Å². The summed E-state index contributed by atoms with van der Waals surface area (Å²) in [6.07, 6.45) is 6.76. The van der Waals surface area contributed by atoms with Gasteiger partial charge in [0.2, 0.25) is 5.91 Å². The van der Waals surface area contributed by atoms with E-state index in [1.165, 1.54) is 31.0 Å². The van der Waals surface area contributed by atoms with Gasteiger partial charge in [-0.05, 0) is 55.5 Å². The number of benzene rings is 1. The molecule has 0 aliphatic heterocycles. The molecule has 172 valence electrons. The summed E-state index contributed by atoms with van der Waals surface area (Å²) >= 11 is 1.44. The summed E-state index contributed by atoms with van der Waals surface area (Å²) in [4.78, 5) is 32.7. The van der Waals surface area contributed by atoms with Crippen LogP contribution in [0.2, 0.25) is 0 Å². The smallest absolute Gasteiger partial charge is 0.268 e. The van der Waals surface area contributed by atoms with Crippen molar-refractivity contribution >= 4 is 28.7 Å². The molecule has 0 saturated heterocycles. The summed E-state index contributed by atoms with van der Waals surface area (Å²) in [7, 11) is 0. The van der Waals surface area contributed by atoms with Crippen LogP contribution < -0.4 is 15.6 Å². The van der Waals surface area contributed by atoms with Crippen LogP contribution in [0.15, 0.2) is 46.5 Å². The van der Waals surface area contributed by atoms with Gasteiger partial charge in [-0.25, -0.2) is 4.98 Å². The average Bonchev–Trinajstić information content (AvgIpc) is 3.26. The largest absolute Gasteiger partial charge is 0.493 e. The highest BCUT2D eigenvalue weighted by atomic mass is 32.2. The van der Waals surface area contributed by atoms with Gasteiger partial charge >= 0.3 is 0 Å². The van der Waals surface area contributed by atoms with Crippen molar-refractivity contribution in [2.45, 2.75) is 43.7 Å². The lowest BCUT2D eigenvalue weighted by molar-refractivity contribution is -0.121. The van der Waals surface area contributed by atoms with Crippen LogP contribution in [0, 0.1) is 17.2 Å².